The predicted octanol–water partition coefficient (Wildman–Crippen LogP) is 3.00. The zero-order valence-corrected chi connectivity index (χ0v) is 8.16. The molecule has 0 spiro atoms. The van der Waals surface area contributed by atoms with E-state index in [1.165, 1.54) is 0 Å². The smallest absolute Gasteiger partial charge is 0.159 e. The highest BCUT2D eigenvalue weighted by atomic mass is 16.1. The molecule has 2 nitrogen and oxygen atoms in total. The number of Topliss-reactive ketones (excluding diaryl/α,β-unsaturated/α-hetero) is 1. The lowest BCUT2D eigenvalue weighted by molar-refractivity contribution is 0.101. The van der Waals surface area contributed by atoms with Crippen molar-refractivity contribution in [2.24, 2.45) is 4.99 Å². The van der Waals surface area contributed by atoms with Crippen LogP contribution in [0.2, 0.25) is 0 Å². The summed E-state index contributed by atoms with van der Waals surface area (Å²) in [5.41, 5.74) is 2.63. The molecule has 13 heavy (non-hydrogen) atoms. The fourth-order valence-electron chi connectivity index (χ4n) is 1.03. The van der Waals surface area contributed by atoms with Crippen LogP contribution in [0.25, 0.3) is 0 Å². The minimum absolute atomic E-state index is 0.0868. The number of aliphatic imine (C=N–C) groups is 1. The van der Waals surface area contributed by atoms with E-state index in [4.69, 9.17) is 0 Å². The Hall–Kier alpha value is -1.44. The van der Waals surface area contributed by atoms with Crippen molar-refractivity contribution in [1.82, 2.24) is 0 Å². The number of hydrogen-bond donors (Lipinski definition) is 0. The fourth-order valence-corrected chi connectivity index (χ4v) is 1.03. The van der Waals surface area contributed by atoms with E-state index in [1.54, 1.807) is 19.1 Å². The number of carbonyl (C=O) groups excluding carboxylic acids is 1. The van der Waals surface area contributed by atoms with Crippen LogP contribution >= 0.6 is 0 Å². The van der Waals surface area contributed by atoms with E-state index in [9.17, 15) is 4.79 Å². The third-order valence-electron chi connectivity index (χ3n) is 1.63. The first-order valence-corrected chi connectivity index (χ1v) is 4.22. The summed E-state index contributed by atoms with van der Waals surface area (Å²) in [4.78, 5) is 15.2. The standard InChI is InChI=1S/C11H13NO/c1-8(2)12-11-6-4-10(5-7-11)9(3)13/h4-7H,1-3H3. The van der Waals surface area contributed by atoms with Crippen molar-refractivity contribution in [2.45, 2.75) is 20.8 Å². The molecular formula is C11H13NO. The molecule has 0 atom stereocenters. The SMILES string of the molecule is CC(=O)c1ccc(N=C(C)C)cc1. The molecule has 0 aromatic heterocycles. The van der Waals surface area contributed by atoms with Gasteiger partial charge in [0, 0.05) is 11.3 Å². The summed E-state index contributed by atoms with van der Waals surface area (Å²) >= 11 is 0. The van der Waals surface area contributed by atoms with Crippen molar-refractivity contribution in [3.05, 3.63) is 29.8 Å². The molecule has 0 aliphatic heterocycles. The van der Waals surface area contributed by atoms with Crippen LogP contribution in [0.5, 0.6) is 0 Å². The molecule has 0 aliphatic rings. The van der Waals surface area contributed by atoms with Gasteiger partial charge in [-0.3, -0.25) is 9.79 Å². The lowest BCUT2D eigenvalue weighted by atomic mass is 10.1. The molecule has 1 rings (SSSR count). The van der Waals surface area contributed by atoms with Gasteiger partial charge in [0.1, 0.15) is 0 Å². The first-order valence-electron chi connectivity index (χ1n) is 4.22. The van der Waals surface area contributed by atoms with E-state index in [2.05, 4.69) is 4.99 Å². The van der Waals surface area contributed by atoms with Crippen molar-refractivity contribution < 1.29 is 4.79 Å². The summed E-state index contributed by atoms with van der Waals surface area (Å²) in [5, 5.41) is 0. The maximum Gasteiger partial charge on any atom is 0.159 e. The first-order chi connectivity index (χ1) is 6.09. The number of benzene rings is 1. The average Bonchev–Trinajstić information content (AvgIpc) is 2.04. The zero-order valence-electron chi connectivity index (χ0n) is 8.16. The summed E-state index contributed by atoms with van der Waals surface area (Å²) in [5.74, 6) is 0.0868. The predicted molar refractivity (Wildman–Crippen MR) is 54.9 cm³/mol. The van der Waals surface area contributed by atoms with Crippen molar-refractivity contribution in [1.29, 1.82) is 0 Å². The topological polar surface area (TPSA) is 29.4 Å². The minimum atomic E-state index is 0.0868. The van der Waals surface area contributed by atoms with Gasteiger partial charge in [0.2, 0.25) is 0 Å². The van der Waals surface area contributed by atoms with Gasteiger partial charge in [0.25, 0.3) is 0 Å². The van der Waals surface area contributed by atoms with Crippen LogP contribution in [0.3, 0.4) is 0 Å². The van der Waals surface area contributed by atoms with Gasteiger partial charge in [-0.2, -0.15) is 0 Å². The Morgan fingerprint density at radius 3 is 2.00 bits per heavy atom. The number of carbonyl (C=O) groups is 1. The van der Waals surface area contributed by atoms with E-state index >= 15 is 0 Å². The van der Waals surface area contributed by atoms with Gasteiger partial charge in [-0.1, -0.05) is 0 Å². The summed E-state index contributed by atoms with van der Waals surface area (Å²) < 4.78 is 0. The second kappa shape index (κ2) is 3.99. The third-order valence-corrected chi connectivity index (χ3v) is 1.63. The normalized spacial score (nSPS) is 9.46. The van der Waals surface area contributed by atoms with Crippen LogP contribution in [0.1, 0.15) is 31.1 Å². The van der Waals surface area contributed by atoms with E-state index in [0.717, 1.165) is 17.0 Å². The fraction of sp³-hybridized carbons (Fsp3) is 0.273. The molecule has 2 heteroatoms. The largest absolute Gasteiger partial charge is 0.295 e. The molecular weight excluding hydrogens is 162 g/mol. The molecule has 1 aromatic carbocycles. The van der Waals surface area contributed by atoms with Gasteiger partial charge in [-0.25, -0.2) is 0 Å². The molecule has 68 valence electrons. The van der Waals surface area contributed by atoms with Gasteiger partial charge in [0.15, 0.2) is 5.78 Å². The molecule has 0 saturated carbocycles. The molecule has 0 unspecified atom stereocenters. The monoisotopic (exact) mass is 175 g/mol. The van der Waals surface area contributed by atoms with Crippen LogP contribution in [-0.4, -0.2) is 11.5 Å². The molecule has 0 heterocycles. The second-order valence-corrected chi connectivity index (χ2v) is 3.16. The summed E-state index contributed by atoms with van der Waals surface area (Å²) in [6.45, 7) is 5.45. The highest BCUT2D eigenvalue weighted by Crippen LogP contribution is 2.13. The van der Waals surface area contributed by atoms with Crippen LogP contribution < -0.4 is 0 Å². The summed E-state index contributed by atoms with van der Waals surface area (Å²) in [7, 11) is 0. The third kappa shape index (κ3) is 2.82. The quantitative estimate of drug-likeness (QED) is 0.502. The lowest BCUT2D eigenvalue weighted by Gasteiger charge is -1.97. The zero-order chi connectivity index (χ0) is 9.84. The average molecular weight is 175 g/mol. The lowest BCUT2D eigenvalue weighted by Crippen LogP contribution is -1.89. The Morgan fingerprint density at radius 2 is 1.62 bits per heavy atom. The van der Waals surface area contributed by atoms with Gasteiger partial charge in [0.05, 0.1) is 5.69 Å². The van der Waals surface area contributed by atoms with E-state index in [-0.39, 0.29) is 5.78 Å². The molecule has 0 fully saturated rings. The van der Waals surface area contributed by atoms with Gasteiger partial charge in [-0.05, 0) is 45.0 Å². The Kier molecular flexibility index (Phi) is 2.96. The highest BCUT2D eigenvalue weighted by molar-refractivity contribution is 5.94. The maximum absolute atomic E-state index is 10.9. The minimum Gasteiger partial charge on any atom is -0.295 e. The van der Waals surface area contributed by atoms with E-state index in [0.29, 0.717) is 0 Å². The number of ketones is 1. The number of hydrogen-bond acceptors (Lipinski definition) is 2. The van der Waals surface area contributed by atoms with Crippen LogP contribution in [0.15, 0.2) is 29.3 Å². The number of nitrogens with zero attached hydrogens (tertiary/aromatic N) is 1. The molecule has 0 amide bonds. The molecule has 0 N–H and O–H groups in total. The van der Waals surface area contributed by atoms with Gasteiger partial charge in [-0.15, -0.1) is 0 Å². The van der Waals surface area contributed by atoms with Crippen molar-refractivity contribution in [3.63, 3.8) is 0 Å². The van der Waals surface area contributed by atoms with Gasteiger partial charge < -0.3 is 0 Å². The molecule has 1 aromatic rings. The van der Waals surface area contributed by atoms with Crippen LogP contribution in [-0.2, 0) is 0 Å². The molecule has 0 saturated heterocycles. The Bertz CT molecular complexity index is 332. The Balaban J connectivity index is 2.94. The summed E-state index contributed by atoms with van der Waals surface area (Å²) in [6, 6.07) is 7.29. The second-order valence-electron chi connectivity index (χ2n) is 3.16. The molecule has 0 bridgehead atoms. The Morgan fingerprint density at radius 1 is 1.08 bits per heavy atom. The maximum atomic E-state index is 10.9. The highest BCUT2D eigenvalue weighted by Gasteiger charge is 1.97. The Labute approximate surface area is 78.3 Å². The van der Waals surface area contributed by atoms with Crippen molar-refractivity contribution in [3.8, 4) is 0 Å². The molecule has 0 aliphatic carbocycles. The van der Waals surface area contributed by atoms with Crippen molar-refractivity contribution >= 4 is 17.2 Å². The van der Waals surface area contributed by atoms with Crippen LogP contribution in [0, 0.1) is 0 Å². The van der Waals surface area contributed by atoms with Crippen LogP contribution in [0.4, 0.5) is 5.69 Å². The van der Waals surface area contributed by atoms with Crippen molar-refractivity contribution in [2.75, 3.05) is 0 Å². The number of rotatable bonds is 2. The first kappa shape index (κ1) is 9.65. The van der Waals surface area contributed by atoms with E-state index < -0.39 is 0 Å². The summed E-state index contributed by atoms with van der Waals surface area (Å²) in [6.07, 6.45) is 0. The van der Waals surface area contributed by atoms with Gasteiger partial charge >= 0.3 is 0 Å². The molecule has 0 radical (unpaired) electrons. The van der Waals surface area contributed by atoms with E-state index in [1.807, 2.05) is 26.0 Å².